The maximum atomic E-state index is 13.2. The number of carbonyl (C=O) groups is 3. The highest BCUT2D eigenvalue weighted by molar-refractivity contribution is 6.78. The Balaban J connectivity index is 1.68. The molecule has 1 heterocycles. The molecule has 0 aromatic heterocycles. The molecule has 7 heteroatoms. The van der Waals surface area contributed by atoms with Gasteiger partial charge in [0.2, 0.25) is 0 Å². The third-order valence-electron chi connectivity index (χ3n) is 5.09. The number of hydrogen-bond acceptors (Lipinski definition) is 6. The van der Waals surface area contributed by atoms with E-state index in [1.807, 2.05) is 6.07 Å². The molecule has 1 atom stereocenters. The first-order valence-electron chi connectivity index (χ1n) is 9.12. The van der Waals surface area contributed by atoms with Gasteiger partial charge in [0.05, 0.1) is 5.56 Å². The van der Waals surface area contributed by atoms with Gasteiger partial charge in [-0.15, -0.1) is 0 Å². The molecule has 0 saturated heterocycles. The van der Waals surface area contributed by atoms with Gasteiger partial charge in [0, 0.05) is 23.6 Å². The zero-order chi connectivity index (χ0) is 20.2. The molecule has 0 radical (unpaired) electrons. The molecule has 3 aromatic rings. The fraction of sp³-hybridized carbons (Fsp3) is 0.0455. The van der Waals surface area contributed by atoms with E-state index in [-0.39, 0.29) is 34.2 Å². The van der Waals surface area contributed by atoms with Crippen LogP contribution in [-0.2, 0) is 9.45 Å². The Bertz CT molecular complexity index is 1200. The van der Waals surface area contributed by atoms with Crippen LogP contribution in [-0.4, -0.2) is 24.3 Å². The summed E-state index contributed by atoms with van der Waals surface area (Å²) in [5.41, 5.74) is 1.52. The van der Waals surface area contributed by atoms with Gasteiger partial charge in [-0.1, -0.05) is 60.1 Å². The quantitative estimate of drug-likeness (QED) is 0.494. The van der Waals surface area contributed by atoms with E-state index in [4.69, 9.17) is 14.0 Å². The van der Waals surface area contributed by atoms with Crippen LogP contribution in [0, 0.1) is 0 Å². The second kappa shape index (κ2) is 6.07. The Morgan fingerprint density at radius 2 is 1.45 bits per heavy atom. The van der Waals surface area contributed by atoms with Crippen molar-refractivity contribution >= 4 is 29.8 Å². The Labute approximate surface area is 166 Å². The fourth-order valence-electron chi connectivity index (χ4n) is 3.85. The van der Waals surface area contributed by atoms with Gasteiger partial charge in [0.25, 0.3) is 5.97 Å². The summed E-state index contributed by atoms with van der Waals surface area (Å²) in [5.74, 6) is -0.838. The van der Waals surface area contributed by atoms with E-state index in [0.29, 0.717) is 16.6 Å². The van der Waals surface area contributed by atoms with Crippen molar-refractivity contribution < 1.29 is 28.3 Å². The summed E-state index contributed by atoms with van der Waals surface area (Å²) in [5, 5.41) is 0. The maximum absolute atomic E-state index is 13.2. The molecule has 5 rings (SSSR count). The first-order valence-corrected chi connectivity index (χ1v) is 9.12. The van der Waals surface area contributed by atoms with Crippen molar-refractivity contribution in [3.05, 3.63) is 89.0 Å². The molecular weight excluding hydrogens is 371 g/mol. The van der Waals surface area contributed by atoms with E-state index in [0.717, 1.165) is 0 Å². The lowest BCUT2D eigenvalue weighted by Crippen LogP contribution is -2.60. The van der Waals surface area contributed by atoms with Crippen molar-refractivity contribution in [1.82, 2.24) is 0 Å². The van der Waals surface area contributed by atoms with Crippen molar-refractivity contribution in [1.29, 1.82) is 0 Å². The second-order valence-corrected chi connectivity index (χ2v) is 6.92. The smallest absolute Gasteiger partial charge is 0.582 e. The van der Waals surface area contributed by atoms with Gasteiger partial charge in [-0.25, -0.2) is 0 Å². The molecule has 0 amide bonds. The van der Waals surface area contributed by atoms with Crippen molar-refractivity contribution in [2.45, 2.75) is 6.92 Å². The van der Waals surface area contributed by atoms with E-state index in [9.17, 15) is 14.4 Å². The minimum atomic E-state index is -2.69. The van der Waals surface area contributed by atoms with Crippen LogP contribution in [0.25, 0.3) is 0 Å². The van der Waals surface area contributed by atoms with Crippen molar-refractivity contribution in [2.75, 3.05) is 0 Å². The van der Waals surface area contributed by atoms with Crippen molar-refractivity contribution in [2.24, 2.45) is 0 Å². The molecule has 0 saturated carbocycles. The Kier molecular flexibility index (Phi) is 3.61. The summed E-state index contributed by atoms with van der Waals surface area (Å²) in [6, 6.07) is 18.5. The molecular formula is C22H14BO6-. The van der Waals surface area contributed by atoms with Crippen LogP contribution < -0.4 is 14.8 Å². The number of hydrogen-bond donors (Lipinski definition) is 0. The van der Waals surface area contributed by atoms with Gasteiger partial charge >= 0.3 is 6.75 Å². The van der Waals surface area contributed by atoms with E-state index in [1.165, 1.54) is 6.92 Å². The molecule has 3 aromatic carbocycles. The molecule has 142 valence electrons. The number of ketones is 2. The topological polar surface area (TPSA) is 78.9 Å². The average molecular weight is 385 g/mol. The van der Waals surface area contributed by atoms with E-state index < -0.39 is 12.7 Å². The molecule has 0 spiro atoms. The van der Waals surface area contributed by atoms with Crippen molar-refractivity contribution in [3.63, 3.8) is 0 Å². The van der Waals surface area contributed by atoms with Gasteiger partial charge in [-0.05, 0) is 12.1 Å². The van der Waals surface area contributed by atoms with Gasteiger partial charge in [-0.3, -0.25) is 14.4 Å². The molecule has 0 fully saturated rings. The molecule has 1 aliphatic heterocycles. The number of fused-ring (bicyclic) bond motifs is 4. The molecule has 2 aliphatic rings. The second-order valence-electron chi connectivity index (χ2n) is 6.92. The van der Waals surface area contributed by atoms with Gasteiger partial charge in [-0.2, -0.15) is 0 Å². The average Bonchev–Trinajstić information content (AvgIpc) is 3.11. The van der Waals surface area contributed by atoms with Crippen LogP contribution in [0.4, 0.5) is 0 Å². The Hall–Kier alpha value is -3.87. The normalized spacial score (nSPS) is 18.8. The fourth-order valence-corrected chi connectivity index (χ4v) is 3.85. The minimum Gasteiger partial charge on any atom is -0.643 e. The van der Waals surface area contributed by atoms with Gasteiger partial charge in [0.15, 0.2) is 11.6 Å². The highest BCUT2D eigenvalue weighted by Gasteiger charge is 2.47. The predicted octanol–water partition coefficient (Wildman–Crippen LogP) is 2.64. The molecule has 6 nitrogen and oxygen atoms in total. The number of carbonyl (C=O) groups excluding carboxylic acids is 3. The molecule has 0 bridgehead atoms. The van der Waals surface area contributed by atoms with E-state index >= 15 is 0 Å². The summed E-state index contributed by atoms with van der Waals surface area (Å²) >= 11 is 0. The van der Waals surface area contributed by atoms with E-state index in [2.05, 4.69) is 0 Å². The zero-order valence-electron chi connectivity index (χ0n) is 15.4. The third kappa shape index (κ3) is 2.47. The summed E-state index contributed by atoms with van der Waals surface area (Å²) < 4.78 is 17.5. The van der Waals surface area contributed by atoms with Crippen LogP contribution in [0.5, 0.6) is 11.5 Å². The number of benzene rings is 3. The lowest BCUT2D eigenvalue weighted by atomic mass is 9.69. The monoisotopic (exact) mass is 385 g/mol. The van der Waals surface area contributed by atoms with Crippen LogP contribution in [0.15, 0.2) is 66.7 Å². The first-order chi connectivity index (χ1) is 14.0. The van der Waals surface area contributed by atoms with Crippen LogP contribution in [0.2, 0.25) is 0 Å². The minimum absolute atomic E-state index is 0.112. The largest absolute Gasteiger partial charge is 0.643 e. The summed E-state index contributed by atoms with van der Waals surface area (Å²) in [4.78, 5) is 37.9. The molecule has 1 unspecified atom stereocenters. The highest BCUT2D eigenvalue weighted by Crippen LogP contribution is 2.45. The van der Waals surface area contributed by atoms with E-state index in [1.54, 1.807) is 60.7 Å². The Morgan fingerprint density at radius 3 is 2.14 bits per heavy atom. The molecule has 29 heavy (non-hydrogen) atoms. The summed E-state index contributed by atoms with van der Waals surface area (Å²) in [7, 11) is 0. The van der Waals surface area contributed by atoms with Gasteiger partial charge < -0.3 is 14.0 Å². The van der Waals surface area contributed by atoms with Crippen molar-refractivity contribution in [3.8, 4) is 11.5 Å². The highest BCUT2D eigenvalue weighted by atomic mass is 16.8. The maximum Gasteiger partial charge on any atom is 0.582 e. The molecule has 1 aliphatic carbocycles. The SMILES string of the molecule is CC(=O)O[B-]1(c2ccccc2)Oc2ccc3c(c2O1)C(=O)c1ccccc1C3=O. The molecule has 0 N–H and O–H groups in total. The predicted molar refractivity (Wildman–Crippen MR) is 105 cm³/mol. The number of rotatable bonds is 2. The van der Waals surface area contributed by atoms with Crippen LogP contribution in [0.1, 0.15) is 38.8 Å². The van der Waals surface area contributed by atoms with Crippen LogP contribution >= 0.6 is 0 Å². The summed E-state index contributed by atoms with van der Waals surface area (Å²) in [6.07, 6.45) is 0. The van der Waals surface area contributed by atoms with Gasteiger partial charge in [0.1, 0.15) is 11.5 Å². The third-order valence-corrected chi connectivity index (χ3v) is 5.09. The standard InChI is InChI=1S/C22H14BO6/c1-13(24)27-23(14-7-3-2-4-8-14)28-18-12-11-17-19(22(18)29-23)21(26)16-10-6-5-9-15(16)20(17)25/h2-12H,1H3/q-1. The Morgan fingerprint density at radius 1 is 0.793 bits per heavy atom. The van der Waals surface area contributed by atoms with Crippen LogP contribution in [0.3, 0.4) is 0 Å². The summed E-state index contributed by atoms with van der Waals surface area (Å²) in [6.45, 7) is -1.44. The zero-order valence-corrected chi connectivity index (χ0v) is 15.4. The first kappa shape index (κ1) is 17.2. The lowest BCUT2D eigenvalue weighted by molar-refractivity contribution is -0.134. The lowest BCUT2D eigenvalue weighted by Gasteiger charge is -2.35.